The topological polar surface area (TPSA) is 66.0 Å². The summed E-state index contributed by atoms with van der Waals surface area (Å²) in [5.41, 5.74) is 4.11. The molecule has 4 aromatic rings. The highest BCUT2D eigenvalue weighted by atomic mass is 35.5. The summed E-state index contributed by atoms with van der Waals surface area (Å²) in [6.45, 7) is 2.63. The summed E-state index contributed by atoms with van der Waals surface area (Å²) in [4.78, 5) is 13.1. The number of ether oxygens (including phenoxy) is 1. The van der Waals surface area contributed by atoms with Gasteiger partial charge in [-0.1, -0.05) is 12.1 Å². The average Bonchev–Trinajstić information content (AvgIpc) is 3.25. The number of hydrogen-bond acceptors (Lipinski definition) is 5. The maximum Gasteiger partial charge on any atom is 0.225 e. The predicted octanol–water partition coefficient (Wildman–Crippen LogP) is 4.11. The van der Waals surface area contributed by atoms with Gasteiger partial charge in [-0.2, -0.15) is 4.98 Å². The van der Waals surface area contributed by atoms with Gasteiger partial charge in [0, 0.05) is 0 Å². The quantitative estimate of drug-likeness (QED) is 0.516. The third-order valence-corrected chi connectivity index (χ3v) is 4.17. The lowest BCUT2D eigenvalue weighted by Gasteiger charge is -2.09. The van der Waals surface area contributed by atoms with Crippen molar-refractivity contribution in [3.63, 3.8) is 0 Å². The lowest BCUT2D eigenvalue weighted by molar-refractivity contribution is 0.411. The SMILES string of the molecule is COc1ccc(Cn2cnc3c(-c4ccco4)nc(Cl)nc32)cc1C. The molecule has 0 aliphatic carbocycles. The van der Waals surface area contributed by atoms with Crippen molar-refractivity contribution in [2.75, 3.05) is 7.11 Å². The van der Waals surface area contributed by atoms with Gasteiger partial charge in [-0.15, -0.1) is 0 Å². The first-order valence-electron chi connectivity index (χ1n) is 7.71. The maximum atomic E-state index is 6.12. The van der Waals surface area contributed by atoms with Crippen LogP contribution in [0.15, 0.2) is 47.3 Å². The van der Waals surface area contributed by atoms with Crippen LogP contribution in [0.2, 0.25) is 5.28 Å². The van der Waals surface area contributed by atoms with Gasteiger partial charge in [-0.05, 0) is 47.9 Å². The summed E-state index contributed by atoms with van der Waals surface area (Å²) in [7, 11) is 1.67. The highest BCUT2D eigenvalue weighted by molar-refractivity contribution is 6.28. The number of furan rings is 1. The molecule has 4 rings (SSSR count). The van der Waals surface area contributed by atoms with E-state index in [1.165, 1.54) is 0 Å². The molecule has 1 aromatic carbocycles. The number of methoxy groups -OCH3 is 1. The molecule has 0 bridgehead atoms. The first-order valence-corrected chi connectivity index (χ1v) is 8.09. The van der Waals surface area contributed by atoms with Crippen LogP contribution < -0.4 is 4.74 Å². The smallest absolute Gasteiger partial charge is 0.225 e. The fourth-order valence-corrected chi connectivity index (χ4v) is 3.02. The van der Waals surface area contributed by atoms with Crippen molar-refractivity contribution >= 4 is 22.8 Å². The Hall–Kier alpha value is -2.86. The van der Waals surface area contributed by atoms with E-state index in [0.717, 1.165) is 16.9 Å². The second kappa shape index (κ2) is 6.22. The van der Waals surface area contributed by atoms with E-state index < -0.39 is 0 Å². The van der Waals surface area contributed by atoms with Crippen LogP contribution in [0.4, 0.5) is 0 Å². The Bertz CT molecular complexity index is 1040. The summed E-state index contributed by atoms with van der Waals surface area (Å²) in [6.07, 6.45) is 3.33. The normalized spacial score (nSPS) is 11.2. The van der Waals surface area contributed by atoms with Crippen molar-refractivity contribution in [2.45, 2.75) is 13.5 Å². The van der Waals surface area contributed by atoms with Crippen molar-refractivity contribution in [3.8, 4) is 17.2 Å². The Morgan fingerprint density at radius 2 is 2.12 bits per heavy atom. The van der Waals surface area contributed by atoms with Gasteiger partial charge in [0.2, 0.25) is 5.28 Å². The average molecular weight is 355 g/mol. The van der Waals surface area contributed by atoms with E-state index in [1.807, 2.05) is 29.7 Å². The van der Waals surface area contributed by atoms with Gasteiger partial charge in [0.15, 0.2) is 11.4 Å². The molecule has 3 heterocycles. The molecule has 0 saturated heterocycles. The Balaban J connectivity index is 1.77. The van der Waals surface area contributed by atoms with Gasteiger partial charge in [0.1, 0.15) is 17.0 Å². The van der Waals surface area contributed by atoms with Crippen LogP contribution in [0.25, 0.3) is 22.6 Å². The Kier molecular flexibility index (Phi) is 3.89. The van der Waals surface area contributed by atoms with Crippen LogP contribution in [-0.4, -0.2) is 26.6 Å². The molecule has 7 heteroatoms. The fourth-order valence-electron chi connectivity index (χ4n) is 2.85. The molecule has 126 valence electrons. The molecule has 6 nitrogen and oxygen atoms in total. The van der Waals surface area contributed by atoms with E-state index in [0.29, 0.717) is 29.2 Å². The predicted molar refractivity (Wildman–Crippen MR) is 94.9 cm³/mol. The van der Waals surface area contributed by atoms with Gasteiger partial charge in [0.05, 0.1) is 26.2 Å². The molecule has 0 spiro atoms. The van der Waals surface area contributed by atoms with Crippen LogP contribution in [0.1, 0.15) is 11.1 Å². The van der Waals surface area contributed by atoms with Crippen LogP contribution in [0.3, 0.4) is 0 Å². The number of nitrogens with zero attached hydrogens (tertiary/aromatic N) is 4. The first kappa shape index (κ1) is 15.7. The maximum absolute atomic E-state index is 6.12. The number of aryl methyl sites for hydroxylation is 1. The fraction of sp³-hybridized carbons (Fsp3) is 0.167. The van der Waals surface area contributed by atoms with E-state index in [1.54, 1.807) is 25.8 Å². The third-order valence-electron chi connectivity index (χ3n) is 4.00. The minimum absolute atomic E-state index is 0.159. The van der Waals surface area contributed by atoms with Crippen LogP contribution >= 0.6 is 11.6 Å². The third kappa shape index (κ3) is 2.85. The second-order valence-corrected chi connectivity index (χ2v) is 6.01. The molecule has 0 N–H and O–H groups in total. The molecule has 0 unspecified atom stereocenters. The molecule has 0 aliphatic rings. The molecule has 3 aromatic heterocycles. The highest BCUT2D eigenvalue weighted by Crippen LogP contribution is 2.27. The zero-order valence-electron chi connectivity index (χ0n) is 13.7. The van der Waals surface area contributed by atoms with Crippen LogP contribution in [-0.2, 0) is 6.54 Å². The Morgan fingerprint density at radius 1 is 1.24 bits per heavy atom. The Morgan fingerprint density at radius 3 is 2.84 bits per heavy atom. The minimum Gasteiger partial charge on any atom is -0.496 e. The zero-order valence-corrected chi connectivity index (χ0v) is 14.5. The summed E-state index contributed by atoms with van der Waals surface area (Å²) < 4.78 is 12.7. The lowest BCUT2D eigenvalue weighted by atomic mass is 10.1. The number of benzene rings is 1. The zero-order chi connectivity index (χ0) is 17.4. The van der Waals surface area contributed by atoms with E-state index in [9.17, 15) is 0 Å². The van der Waals surface area contributed by atoms with E-state index in [4.69, 9.17) is 20.8 Å². The van der Waals surface area contributed by atoms with E-state index in [2.05, 4.69) is 21.0 Å². The monoisotopic (exact) mass is 354 g/mol. The van der Waals surface area contributed by atoms with Gasteiger partial charge in [0.25, 0.3) is 0 Å². The summed E-state index contributed by atoms with van der Waals surface area (Å²) in [6, 6.07) is 9.69. The largest absolute Gasteiger partial charge is 0.496 e. The van der Waals surface area contributed by atoms with Crippen LogP contribution in [0.5, 0.6) is 5.75 Å². The number of rotatable bonds is 4. The Labute approximate surface area is 149 Å². The summed E-state index contributed by atoms with van der Waals surface area (Å²) >= 11 is 6.12. The standard InChI is InChI=1S/C18H15ClN4O2/c1-11-8-12(5-6-13(11)24-2)9-23-10-20-16-15(14-4-3-7-25-14)21-18(19)22-17(16)23/h3-8,10H,9H2,1-2H3. The number of halogens is 1. The van der Waals surface area contributed by atoms with Gasteiger partial charge < -0.3 is 13.7 Å². The van der Waals surface area contributed by atoms with Crippen LogP contribution in [0, 0.1) is 6.92 Å². The molecule has 0 fully saturated rings. The van der Waals surface area contributed by atoms with E-state index >= 15 is 0 Å². The molecule has 0 radical (unpaired) electrons. The molecule has 0 saturated carbocycles. The molecule has 0 atom stereocenters. The first-order chi connectivity index (χ1) is 12.2. The summed E-state index contributed by atoms with van der Waals surface area (Å²) in [5.74, 6) is 1.48. The lowest BCUT2D eigenvalue weighted by Crippen LogP contribution is -2.01. The van der Waals surface area contributed by atoms with Crippen molar-refractivity contribution in [1.82, 2.24) is 19.5 Å². The number of aromatic nitrogens is 4. The van der Waals surface area contributed by atoms with Crippen molar-refractivity contribution in [3.05, 3.63) is 59.3 Å². The second-order valence-electron chi connectivity index (χ2n) is 5.67. The molecule has 0 amide bonds. The van der Waals surface area contributed by atoms with Gasteiger partial charge in [-0.25, -0.2) is 9.97 Å². The van der Waals surface area contributed by atoms with Crippen molar-refractivity contribution < 1.29 is 9.15 Å². The number of hydrogen-bond donors (Lipinski definition) is 0. The van der Waals surface area contributed by atoms with Crippen molar-refractivity contribution in [2.24, 2.45) is 0 Å². The van der Waals surface area contributed by atoms with Gasteiger partial charge in [-0.3, -0.25) is 0 Å². The number of fused-ring (bicyclic) bond motifs is 1. The molecule has 0 aliphatic heterocycles. The molecular weight excluding hydrogens is 340 g/mol. The number of imidazole rings is 1. The van der Waals surface area contributed by atoms with Crippen molar-refractivity contribution in [1.29, 1.82) is 0 Å². The van der Waals surface area contributed by atoms with E-state index in [-0.39, 0.29) is 5.28 Å². The highest BCUT2D eigenvalue weighted by Gasteiger charge is 2.16. The van der Waals surface area contributed by atoms with Gasteiger partial charge >= 0.3 is 0 Å². The molecular formula is C18H15ClN4O2. The minimum atomic E-state index is 0.159. The summed E-state index contributed by atoms with van der Waals surface area (Å²) in [5, 5.41) is 0.159. The molecule has 25 heavy (non-hydrogen) atoms.